The van der Waals surface area contributed by atoms with Crippen molar-refractivity contribution in [3.05, 3.63) is 0 Å². The van der Waals surface area contributed by atoms with Crippen LogP contribution in [0.2, 0.25) is 0 Å². The van der Waals surface area contributed by atoms with E-state index in [2.05, 4.69) is 13.8 Å². The lowest BCUT2D eigenvalue weighted by Crippen LogP contribution is -1.86. The van der Waals surface area contributed by atoms with Gasteiger partial charge in [-0.15, -0.1) is 0 Å². The normalized spacial score (nSPS) is 10.3. The summed E-state index contributed by atoms with van der Waals surface area (Å²) in [7, 11) is 0. The molecule has 0 nitrogen and oxygen atoms in total. The van der Waals surface area contributed by atoms with Crippen LogP contribution in [0.4, 0.5) is 4.39 Å². The van der Waals surface area contributed by atoms with Crippen LogP contribution in [-0.2, 0) is 0 Å². The van der Waals surface area contributed by atoms with E-state index in [0.29, 0.717) is 5.92 Å². The van der Waals surface area contributed by atoms with E-state index in [0.717, 1.165) is 12.8 Å². The molecule has 0 unspecified atom stereocenters. The summed E-state index contributed by atoms with van der Waals surface area (Å²) in [4.78, 5) is 0. The molecule has 0 aliphatic carbocycles. The van der Waals surface area contributed by atoms with Crippen molar-refractivity contribution in [2.24, 2.45) is 5.92 Å². The maximum Gasteiger partial charge on any atom is 0.0894 e. The first-order valence-electron chi connectivity index (χ1n) is 2.83. The molecule has 0 aromatic heterocycles. The summed E-state index contributed by atoms with van der Waals surface area (Å²) < 4.78 is 11.4. The van der Waals surface area contributed by atoms with E-state index in [1.54, 1.807) is 0 Å². The van der Waals surface area contributed by atoms with E-state index in [9.17, 15) is 4.39 Å². The van der Waals surface area contributed by atoms with Gasteiger partial charge in [0.1, 0.15) is 0 Å². The largest absolute Gasteiger partial charge is 0.251 e. The zero-order valence-electron chi connectivity index (χ0n) is 5.08. The van der Waals surface area contributed by atoms with E-state index >= 15 is 0 Å². The highest BCUT2D eigenvalue weighted by atomic mass is 19.1. The Morgan fingerprint density at radius 1 is 1.43 bits per heavy atom. The third kappa shape index (κ3) is 5.93. The molecule has 0 spiro atoms. The van der Waals surface area contributed by atoms with E-state index < -0.39 is 0 Å². The Kier molecular flexibility index (Phi) is 4.06. The SMILES string of the molecule is CC(C)CCCF. The number of alkyl halides is 1. The number of hydrogen-bond donors (Lipinski definition) is 0. The van der Waals surface area contributed by atoms with Gasteiger partial charge in [0.2, 0.25) is 0 Å². The highest BCUT2D eigenvalue weighted by Crippen LogP contribution is 2.02. The molecule has 0 aromatic carbocycles. The molecule has 0 bridgehead atoms. The summed E-state index contributed by atoms with van der Waals surface area (Å²) in [5, 5.41) is 0. The molecule has 0 aliphatic rings. The van der Waals surface area contributed by atoms with Crippen LogP contribution in [0.3, 0.4) is 0 Å². The Morgan fingerprint density at radius 3 is 2.14 bits per heavy atom. The molecule has 0 saturated carbocycles. The van der Waals surface area contributed by atoms with Gasteiger partial charge in [0.25, 0.3) is 0 Å². The average Bonchev–Trinajstić information content (AvgIpc) is 1.61. The van der Waals surface area contributed by atoms with Gasteiger partial charge in [0.15, 0.2) is 0 Å². The van der Waals surface area contributed by atoms with Crippen LogP contribution >= 0.6 is 0 Å². The van der Waals surface area contributed by atoms with E-state index in [4.69, 9.17) is 0 Å². The topological polar surface area (TPSA) is 0 Å². The quantitative estimate of drug-likeness (QED) is 0.515. The molecule has 0 aromatic rings. The van der Waals surface area contributed by atoms with Gasteiger partial charge < -0.3 is 0 Å². The van der Waals surface area contributed by atoms with Gasteiger partial charge in [-0.1, -0.05) is 13.8 Å². The minimum Gasteiger partial charge on any atom is -0.251 e. The molecule has 0 saturated heterocycles. The summed E-state index contributed by atoms with van der Waals surface area (Å²) in [6, 6.07) is 0. The predicted octanol–water partition coefficient (Wildman–Crippen LogP) is 2.39. The monoisotopic (exact) mass is 104 g/mol. The first-order valence-corrected chi connectivity index (χ1v) is 2.83. The van der Waals surface area contributed by atoms with Gasteiger partial charge in [-0.2, -0.15) is 0 Å². The summed E-state index contributed by atoms with van der Waals surface area (Å²) in [6.45, 7) is 4.06. The van der Waals surface area contributed by atoms with Crippen molar-refractivity contribution in [2.75, 3.05) is 6.67 Å². The van der Waals surface area contributed by atoms with Gasteiger partial charge >= 0.3 is 0 Å². The van der Waals surface area contributed by atoms with Crippen molar-refractivity contribution in [1.82, 2.24) is 0 Å². The zero-order chi connectivity index (χ0) is 5.70. The number of halogens is 1. The van der Waals surface area contributed by atoms with Gasteiger partial charge in [-0.25, -0.2) is 0 Å². The van der Waals surface area contributed by atoms with Crippen molar-refractivity contribution >= 4 is 0 Å². The molecule has 0 aliphatic heterocycles. The standard InChI is InChI=1S/C6H13F/c1-6(2)4-3-5-7/h6H,3-5H2,1-2H3. The minimum absolute atomic E-state index is 0.155. The second-order valence-electron chi connectivity index (χ2n) is 2.23. The van der Waals surface area contributed by atoms with Gasteiger partial charge in [0, 0.05) is 0 Å². The van der Waals surface area contributed by atoms with Crippen molar-refractivity contribution in [2.45, 2.75) is 26.7 Å². The summed E-state index contributed by atoms with van der Waals surface area (Å²) in [5.41, 5.74) is 0. The van der Waals surface area contributed by atoms with Crippen LogP contribution < -0.4 is 0 Å². The fourth-order valence-corrected chi connectivity index (χ4v) is 0.485. The lowest BCUT2D eigenvalue weighted by molar-refractivity contribution is 0.430. The highest BCUT2D eigenvalue weighted by molar-refractivity contribution is 4.42. The van der Waals surface area contributed by atoms with Gasteiger partial charge in [-0.3, -0.25) is 4.39 Å². The van der Waals surface area contributed by atoms with Crippen LogP contribution in [0.5, 0.6) is 0 Å². The van der Waals surface area contributed by atoms with Gasteiger partial charge in [0.05, 0.1) is 6.67 Å². The Morgan fingerprint density at radius 2 is 2.00 bits per heavy atom. The molecular weight excluding hydrogens is 91.1 g/mol. The van der Waals surface area contributed by atoms with E-state index in [1.807, 2.05) is 0 Å². The van der Waals surface area contributed by atoms with Crippen LogP contribution in [0.15, 0.2) is 0 Å². The number of hydrogen-bond acceptors (Lipinski definition) is 0. The lowest BCUT2D eigenvalue weighted by Gasteiger charge is -1.97. The highest BCUT2D eigenvalue weighted by Gasteiger charge is 1.90. The molecule has 0 rings (SSSR count). The molecule has 0 heterocycles. The smallest absolute Gasteiger partial charge is 0.0894 e. The lowest BCUT2D eigenvalue weighted by atomic mass is 10.1. The maximum absolute atomic E-state index is 11.4. The minimum atomic E-state index is -0.155. The Bertz CT molecular complexity index is 33.2. The summed E-state index contributed by atoms with van der Waals surface area (Å²) in [5.74, 6) is 0.663. The fourth-order valence-electron chi connectivity index (χ4n) is 0.485. The van der Waals surface area contributed by atoms with Crippen LogP contribution in [0.25, 0.3) is 0 Å². The molecule has 0 atom stereocenters. The second-order valence-corrected chi connectivity index (χ2v) is 2.23. The third-order valence-electron chi connectivity index (χ3n) is 0.915. The zero-order valence-corrected chi connectivity index (χ0v) is 5.08. The summed E-state index contributed by atoms with van der Waals surface area (Å²) >= 11 is 0. The summed E-state index contributed by atoms with van der Waals surface area (Å²) in [6.07, 6.45) is 1.76. The first kappa shape index (κ1) is 6.93. The van der Waals surface area contributed by atoms with Crippen molar-refractivity contribution in [1.29, 1.82) is 0 Å². The van der Waals surface area contributed by atoms with Gasteiger partial charge in [-0.05, 0) is 18.8 Å². The number of rotatable bonds is 3. The van der Waals surface area contributed by atoms with Crippen LogP contribution in [0.1, 0.15) is 26.7 Å². The molecule has 7 heavy (non-hydrogen) atoms. The third-order valence-corrected chi connectivity index (χ3v) is 0.915. The fraction of sp³-hybridized carbons (Fsp3) is 1.00. The predicted molar refractivity (Wildman–Crippen MR) is 30.0 cm³/mol. The molecule has 0 fully saturated rings. The molecule has 0 N–H and O–H groups in total. The molecule has 44 valence electrons. The molecule has 0 amide bonds. The van der Waals surface area contributed by atoms with Crippen molar-refractivity contribution in [3.8, 4) is 0 Å². The van der Waals surface area contributed by atoms with Crippen LogP contribution in [-0.4, -0.2) is 6.67 Å². The van der Waals surface area contributed by atoms with Crippen LogP contribution in [0, 0.1) is 5.92 Å². The van der Waals surface area contributed by atoms with Crippen molar-refractivity contribution in [3.63, 3.8) is 0 Å². The molecule has 1 heteroatoms. The molecular formula is C6H13F. The Labute approximate surface area is 44.7 Å². The average molecular weight is 104 g/mol. The molecule has 0 radical (unpaired) electrons. The first-order chi connectivity index (χ1) is 3.27. The maximum atomic E-state index is 11.4. The van der Waals surface area contributed by atoms with E-state index in [1.165, 1.54) is 0 Å². The van der Waals surface area contributed by atoms with E-state index in [-0.39, 0.29) is 6.67 Å². The Balaban J connectivity index is 2.68. The van der Waals surface area contributed by atoms with Crippen molar-refractivity contribution < 1.29 is 4.39 Å². The second kappa shape index (κ2) is 4.10. The Hall–Kier alpha value is -0.0700.